The van der Waals surface area contributed by atoms with E-state index in [-0.39, 0.29) is 24.1 Å². The molecule has 2 heterocycles. The smallest absolute Gasteiger partial charge is 0.320 e. The molecule has 1 aromatic heterocycles. The van der Waals surface area contributed by atoms with Crippen LogP contribution in [0.15, 0.2) is 47.9 Å². The van der Waals surface area contributed by atoms with Crippen LogP contribution in [0.25, 0.3) is 0 Å². The molecule has 2 aromatic rings. The lowest BCUT2D eigenvalue weighted by Gasteiger charge is -2.20. The van der Waals surface area contributed by atoms with Gasteiger partial charge in [0.1, 0.15) is 6.61 Å². The summed E-state index contributed by atoms with van der Waals surface area (Å²) in [5, 5.41) is 0.0562. The number of rotatable bonds is 6. The summed E-state index contributed by atoms with van der Waals surface area (Å²) in [5.41, 5.74) is 0.939. The fourth-order valence-electron chi connectivity index (χ4n) is 2.97. The molecule has 0 N–H and O–H groups in total. The van der Waals surface area contributed by atoms with Crippen molar-refractivity contribution in [3.05, 3.63) is 48.4 Å². The molecule has 1 aromatic carbocycles. The number of sulfonamides is 1. The topological polar surface area (TPSA) is 84.7 Å². The van der Waals surface area contributed by atoms with E-state index in [1.54, 1.807) is 11.6 Å². The van der Waals surface area contributed by atoms with Crippen LogP contribution in [0.3, 0.4) is 0 Å². The fraction of sp³-hybridized carbons (Fsp3) is 0.444. The van der Waals surface area contributed by atoms with Crippen LogP contribution in [-0.2, 0) is 33.2 Å². The third-order valence-corrected chi connectivity index (χ3v) is 6.21. The van der Waals surface area contributed by atoms with Crippen molar-refractivity contribution in [2.45, 2.75) is 18.1 Å². The fourth-order valence-corrected chi connectivity index (χ4v) is 4.40. The highest BCUT2D eigenvalue weighted by atomic mass is 32.2. The highest BCUT2D eigenvalue weighted by Gasteiger charge is 2.29. The minimum absolute atomic E-state index is 0.0562. The number of aryl methyl sites for hydroxylation is 1. The van der Waals surface area contributed by atoms with Crippen molar-refractivity contribution >= 4 is 16.0 Å². The number of nitrogens with zero attached hydrogens (tertiary/aromatic N) is 4. The van der Waals surface area contributed by atoms with Crippen molar-refractivity contribution in [3.8, 4) is 0 Å². The van der Waals surface area contributed by atoms with Gasteiger partial charge in [0.25, 0.3) is 10.0 Å². The monoisotopic (exact) mass is 392 g/mol. The Balaban J connectivity index is 1.51. The number of hydrogen-bond acceptors (Lipinski definition) is 6. The Labute approximate surface area is 159 Å². The number of aromatic nitrogens is 2. The molecule has 27 heavy (non-hydrogen) atoms. The molecule has 0 saturated carbocycles. The van der Waals surface area contributed by atoms with Crippen LogP contribution in [0, 0.1) is 0 Å². The maximum Gasteiger partial charge on any atom is 0.320 e. The number of carbonyl (C=O) groups is 1. The molecular formula is C18H24N4O4S. The lowest BCUT2D eigenvalue weighted by Crippen LogP contribution is -2.37. The van der Waals surface area contributed by atoms with Crippen molar-refractivity contribution in [1.29, 1.82) is 0 Å². The maximum atomic E-state index is 12.7. The molecule has 0 bridgehead atoms. The molecule has 1 saturated heterocycles. The van der Waals surface area contributed by atoms with E-state index in [1.165, 1.54) is 16.8 Å². The van der Waals surface area contributed by atoms with Crippen molar-refractivity contribution < 1.29 is 17.9 Å². The van der Waals surface area contributed by atoms with Gasteiger partial charge >= 0.3 is 5.97 Å². The molecule has 0 atom stereocenters. The first-order valence-electron chi connectivity index (χ1n) is 8.85. The second-order valence-electron chi connectivity index (χ2n) is 6.56. The second kappa shape index (κ2) is 8.64. The van der Waals surface area contributed by atoms with Gasteiger partial charge in [-0.3, -0.25) is 9.69 Å². The number of imidazole rings is 1. The molecule has 0 unspecified atom stereocenters. The predicted octanol–water partition coefficient (Wildman–Crippen LogP) is 0.860. The van der Waals surface area contributed by atoms with Gasteiger partial charge < -0.3 is 9.30 Å². The average Bonchev–Trinajstić information content (AvgIpc) is 2.96. The normalized spacial score (nSPS) is 16.8. The minimum Gasteiger partial charge on any atom is -0.460 e. The zero-order valence-electron chi connectivity index (χ0n) is 15.3. The van der Waals surface area contributed by atoms with E-state index >= 15 is 0 Å². The molecule has 8 nitrogen and oxygen atoms in total. The van der Waals surface area contributed by atoms with E-state index in [9.17, 15) is 13.2 Å². The number of hydrogen-bond donors (Lipinski definition) is 0. The van der Waals surface area contributed by atoms with Crippen LogP contribution in [0.1, 0.15) is 12.0 Å². The quantitative estimate of drug-likeness (QED) is 0.678. The molecule has 3 rings (SSSR count). The number of carbonyl (C=O) groups excluding carboxylic acids is 1. The third-order valence-electron chi connectivity index (χ3n) is 4.43. The van der Waals surface area contributed by atoms with E-state index in [4.69, 9.17) is 4.74 Å². The number of benzene rings is 1. The first-order chi connectivity index (χ1) is 12.9. The van der Waals surface area contributed by atoms with Gasteiger partial charge in [0.15, 0.2) is 5.03 Å². The van der Waals surface area contributed by atoms with Crippen molar-refractivity contribution in [2.24, 2.45) is 7.05 Å². The largest absolute Gasteiger partial charge is 0.460 e. The van der Waals surface area contributed by atoms with E-state index < -0.39 is 10.0 Å². The summed E-state index contributed by atoms with van der Waals surface area (Å²) >= 11 is 0. The van der Waals surface area contributed by atoms with Crippen LogP contribution in [-0.4, -0.2) is 65.9 Å². The van der Waals surface area contributed by atoms with Gasteiger partial charge in [-0.15, -0.1) is 0 Å². The summed E-state index contributed by atoms with van der Waals surface area (Å²) in [4.78, 5) is 18.0. The molecule has 0 aliphatic carbocycles. The summed E-state index contributed by atoms with van der Waals surface area (Å²) in [6.07, 6.45) is 3.62. The van der Waals surface area contributed by atoms with Gasteiger partial charge in [-0.2, -0.15) is 4.31 Å². The van der Waals surface area contributed by atoms with Crippen molar-refractivity contribution in [1.82, 2.24) is 18.8 Å². The van der Waals surface area contributed by atoms with Gasteiger partial charge in [0.05, 0.1) is 12.9 Å². The summed E-state index contributed by atoms with van der Waals surface area (Å²) in [6, 6.07) is 9.51. The van der Waals surface area contributed by atoms with Crippen LogP contribution < -0.4 is 0 Å². The molecule has 0 spiro atoms. The SMILES string of the molecule is Cn1cnc(S(=O)(=O)N2CCCN(CC(=O)OCc3ccccc3)CC2)c1. The lowest BCUT2D eigenvalue weighted by atomic mass is 10.2. The van der Waals surface area contributed by atoms with Crippen LogP contribution in [0.2, 0.25) is 0 Å². The van der Waals surface area contributed by atoms with E-state index in [0.717, 1.165) is 5.56 Å². The van der Waals surface area contributed by atoms with Gasteiger partial charge in [-0.1, -0.05) is 30.3 Å². The molecule has 0 radical (unpaired) electrons. The van der Waals surface area contributed by atoms with E-state index in [0.29, 0.717) is 32.6 Å². The molecular weight excluding hydrogens is 368 g/mol. The standard InChI is InChI=1S/C18H24N4O4S/c1-20-12-17(19-15-20)27(24,25)22-9-5-8-21(10-11-22)13-18(23)26-14-16-6-3-2-4-7-16/h2-4,6-7,12,15H,5,8-11,13-14H2,1H3. The van der Waals surface area contributed by atoms with Gasteiger partial charge in [-0.05, 0) is 12.0 Å². The van der Waals surface area contributed by atoms with Gasteiger partial charge in [-0.25, -0.2) is 13.4 Å². The van der Waals surface area contributed by atoms with E-state index in [1.807, 2.05) is 35.2 Å². The van der Waals surface area contributed by atoms with Gasteiger partial charge in [0, 0.05) is 39.4 Å². The number of ether oxygens (including phenoxy) is 1. The summed E-state index contributed by atoms with van der Waals surface area (Å²) in [7, 11) is -1.87. The second-order valence-corrected chi connectivity index (χ2v) is 8.44. The predicted molar refractivity (Wildman–Crippen MR) is 99.3 cm³/mol. The highest BCUT2D eigenvalue weighted by Crippen LogP contribution is 2.15. The van der Waals surface area contributed by atoms with Crippen LogP contribution in [0.4, 0.5) is 0 Å². The first kappa shape index (κ1) is 19.5. The Morgan fingerprint density at radius 1 is 1.15 bits per heavy atom. The van der Waals surface area contributed by atoms with Crippen LogP contribution in [0.5, 0.6) is 0 Å². The van der Waals surface area contributed by atoms with E-state index in [2.05, 4.69) is 4.98 Å². The van der Waals surface area contributed by atoms with Crippen molar-refractivity contribution in [3.63, 3.8) is 0 Å². The highest BCUT2D eigenvalue weighted by molar-refractivity contribution is 7.89. The Morgan fingerprint density at radius 2 is 1.93 bits per heavy atom. The van der Waals surface area contributed by atoms with Gasteiger partial charge in [0.2, 0.25) is 0 Å². The summed E-state index contributed by atoms with van der Waals surface area (Å²) in [6.45, 7) is 2.26. The zero-order valence-corrected chi connectivity index (χ0v) is 16.1. The molecule has 146 valence electrons. The molecule has 0 amide bonds. The summed E-state index contributed by atoms with van der Waals surface area (Å²) in [5.74, 6) is -0.306. The third kappa shape index (κ3) is 5.15. The van der Waals surface area contributed by atoms with Crippen LogP contribution >= 0.6 is 0 Å². The molecule has 9 heteroatoms. The summed E-state index contributed by atoms with van der Waals surface area (Å²) < 4.78 is 33.7. The number of esters is 1. The Bertz CT molecular complexity index is 866. The average molecular weight is 392 g/mol. The minimum atomic E-state index is -3.60. The van der Waals surface area contributed by atoms with Crippen molar-refractivity contribution in [2.75, 3.05) is 32.7 Å². The molecule has 1 aliphatic heterocycles. The zero-order chi connectivity index (χ0) is 19.3. The molecule has 1 aliphatic rings. The maximum absolute atomic E-state index is 12.7. The Kier molecular flexibility index (Phi) is 6.25. The lowest BCUT2D eigenvalue weighted by molar-refractivity contribution is -0.146. The first-order valence-corrected chi connectivity index (χ1v) is 10.3. The Morgan fingerprint density at radius 3 is 2.63 bits per heavy atom. The molecule has 1 fully saturated rings. The Hall–Kier alpha value is -2.23.